The summed E-state index contributed by atoms with van der Waals surface area (Å²) >= 11 is 0. The average Bonchev–Trinajstić information content (AvgIpc) is 3.76. The molecule has 0 saturated carbocycles. The Morgan fingerprint density at radius 3 is 1.70 bits per heavy atom. The van der Waals surface area contributed by atoms with Gasteiger partial charge < -0.3 is 29.5 Å². The molecule has 7 nitrogen and oxygen atoms in total. The Morgan fingerprint density at radius 2 is 1.16 bits per heavy atom. The van der Waals surface area contributed by atoms with Crippen LogP contribution in [0.5, 0.6) is 0 Å². The van der Waals surface area contributed by atoms with Crippen LogP contribution >= 0.6 is 0 Å². The van der Waals surface area contributed by atoms with Crippen LogP contribution in [-0.2, 0) is 19.0 Å². The molecule has 0 spiro atoms. The second-order valence-corrected chi connectivity index (χ2v) is 14.0. The number of carbonyl (C=O) groups is 1. The molecule has 8 atom stereocenters. The zero-order valence-electron chi connectivity index (χ0n) is 28.1. The zero-order valence-corrected chi connectivity index (χ0v) is 28.1. The first-order valence-corrected chi connectivity index (χ1v) is 18.6. The fraction of sp³-hybridized carbons (Fsp3) is 0.919. The van der Waals surface area contributed by atoms with Gasteiger partial charge >= 0.3 is 5.97 Å². The van der Waals surface area contributed by atoms with Crippen molar-refractivity contribution in [1.29, 1.82) is 0 Å². The Kier molecular flexibility index (Phi) is 18.5. The zero-order chi connectivity index (χ0) is 31.6. The summed E-state index contributed by atoms with van der Waals surface area (Å²) in [6.45, 7) is 4.15. The van der Waals surface area contributed by atoms with Crippen LogP contribution in [0.1, 0.15) is 168 Å². The number of ether oxygens (including phenoxy) is 3. The molecule has 0 aromatic carbocycles. The Hall–Kier alpha value is -0.990. The Bertz CT molecular complexity index is 801. The van der Waals surface area contributed by atoms with E-state index in [1.165, 1.54) is 64.2 Å². The van der Waals surface area contributed by atoms with Crippen molar-refractivity contribution in [3.05, 3.63) is 11.6 Å². The summed E-state index contributed by atoms with van der Waals surface area (Å²) in [7, 11) is 0. The van der Waals surface area contributed by atoms with Gasteiger partial charge in [0, 0.05) is 5.57 Å². The van der Waals surface area contributed by atoms with E-state index in [0.717, 1.165) is 82.6 Å². The summed E-state index contributed by atoms with van der Waals surface area (Å²) in [4.78, 5) is 11.6. The Balaban J connectivity index is 1.15. The van der Waals surface area contributed by atoms with Gasteiger partial charge in [0.1, 0.15) is 6.10 Å². The number of cyclic esters (lactones) is 1. The third kappa shape index (κ3) is 14.2. The highest BCUT2D eigenvalue weighted by Gasteiger charge is 2.40. The number of rotatable bonds is 25. The maximum Gasteiger partial charge on any atom is 0.334 e. The Morgan fingerprint density at radius 1 is 0.659 bits per heavy atom. The summed E-state index contributed by atoms with van der Waals surface area (Å²) in [6.07, 6.45) is 25.5. The second-order valence-electron chi connectivity index (χ2n) is 14.0. The largest absolute Gasteiger partial charge is 0.455 e. The molecule has 7 heteroatoms. The molecule has 2 fully saturated rings. The van der Waals surface area contributed by atoms with E-state index in [2.05, 4.69) is 6.92 Å². The van der Waals surface area contributed by atoms with Crippen LogP contribution < -0.4 is 0 Å². The first-order chi connectivity index (χ1) is 21.4. The number of esters is 1. The van der Waals surface area contributed by atoms with Gasteiger partial charge in [-0.15, -0.1) is 0 Å². The molecule has 0 aromatic rings. The van der Waals surface area contributed by atoms with Crippen LogP contribution in [0.4, 0.5) is 0 Å². The third-order valence-corrected chi connectivity index (χ3v) is 10.1. The van der Waals surface area contributed by atoms with E-state index in [0.29, 0.717) is 12.8 Å². The highest BCUT2D eigenvalue weighted by molar-refractivity contribution is 5.90. The summed E-state index contributed by atoms with van der Waals surface area (Å²) < 4.78 is 17.7. The van der Waals surface area contributed by atoms with Crippen molar-refractivity contribution in [3.8, 4) is 0 Å². The van der Waals surface area contributed by atoms with E-state index in [9.17, 15) is 20.1 Å². The molecule has 3 heterocycles. The molecule has 0 aromatic heterocycles. The van der Waals surface area contributed by atoms with Crippen LogP contribution in [-0.4, -0.2) is 70.1 Å². The van der Waals surface area contributed by atoms with Gasteiger partial charge in [-0.25, -0.2) is 4.79 Å². The van der Waals surface area contributed by atoms with Gasteiger partial charge in [0.15, 0.2) is 0 Å². The maximum atomic E-state index is 11.6. The minimum atomic E-state index is -0.551. The quantitative estimate of drug-likeness (QED) is 0.0703. The van der Waals surface area contributed by atoms with Crippen molar-refractivity contribution < 1.29 is 34.3 Å². The normalized spacial score (nSPS) is 27.4. The number of hydrogen-bond donors (Lipinski definition) is 3. The highest BCUT2D eigenvalue weighted by atomic mass is 16.6. The number of aliphatic hydroxyl groups is 3. The fourth-order valence-electron chi connectivity index (χ4n) is 7.25. The molecule has 0 bridgehead atoms. The SMILES string of the molecule is CCCCCCCCCC[C@@H](O)[C@H]1CC[C@H]([C@H]2CC[C@H]([C@H](O)CC[C@H](O)CCCCCCCCCC3=C[C@H](C)OC3=O)O2)O1. The molecular formula is C37H66O7. The molecule has 0 amide bonds. The Labute approximate surface area is 268 Å². The molecule has 3 aliphatic rings. The van der Waals surface area contributed by atoms with E-state index < -0.39 is 6.10 Å². The standard InChI is InChI=1S/C37H66O7/c1-3-4-5-6-7-11-14-17-20-31(39)33-23-25-35(43-33)36-26-24-34(44-36)32(40)22-21-30(38)19-16-13-10-8-9-12-15-18-29-27-28(2)42-37(29)41/h27-28,30-36,38-40H,3-26H2,1-2H3/t28-,30+,31+,32+,33+,34+,35+,36+/m0/s1. The van der Waals surface area contributed by atoms with Crippen LogP contribution in [0.15, 0.2) is 11.6 Å². The van der Waals surface area contributed by atoms with Crippen LogP contribution in [0.2, 0.25) is 0 Å². The molecule has 0 aliphatic carbocycles. The predicted molar refractivity (Wildman–Crippen MR) is 175 cm³/mol. The van der Waals surface area contributed by atoms with E-state index in [-0.39, 0.29) is 48.7 Å². The number of hydrogen-bond acceptors (Lipinski definition) is 7. The maximum absolute atomic E-state index is 11.6. The minimum Gasteiger partial charge on any atom is -0.455 e. The van der Waals surface area contributed by atoms with Gasteiger partial charge in [-0.05, 0) is 77.2 Å². The van der Waals surface area contributed by atoms with Crippen molar-refractivity contribution in [1.82, 2.24) is 0 Å². The van der Waals surface area contributed by atoms with Crippen LogP contribution in [0.3, 0.4) is 0 Å². The summed E-state index contributed by atoms with van der Waals surface area (Å²) in [5.41, 5.74) is 0.840. The van der Waals surface area contributed by atoms with Crippen molar-refractivity contribution in [3.63, 3.8) is 0 Å². The van der Waals surface area contributed by atoms with E-state index in [4.69, 9.17) is 14.2 Å². The van der Waals surface area contributed by atoms with Gasteiger partial charge in [-0.2, -0.15) is 0 Å². The van der Waals surface area contributed by atoms with Crippen molar-refractivity contribution in [2.45, 2.75) is 217 Å². The lowest BCUT2D eigenvalue weighted by atomic mass is 9.99. The average molecular weight is 623 g/mol. The van der Waals surface area contributed by atoms with Gasteiger partial charge in [0.2, 0.25) is 0 Å². The monoisotopic (exact) mass is 622 g/mol. The first kappa shape index (κ1) is 37.5. The van der Waals surface area contributed by atoms with Gasteiger partial charge in [-0.3, -0.25) is 0 Å². The lowest BCUT2D eigenvalue weighted by Gasteiger charge is -2.24. The van der Waals surface area contributed by atoms with E-state index >= 15 is 0 Å². The summed E-state index contributed by atoms with van der Waals surface area (Å²) in [5, 5.41) is 31.9. The molecule has 256 valence electrons. The lowest BCUT2D eigenvalue weighted by molar-refractivity contribution is -0.139. The number of carbonyl (C=O) groups excluding carboxylic acids is 1. The van der Waals surface area contributed by atoms with Crippen LogP contribution in [0, 0.1) is 0 Å². The molecule has 0 unspecified atom stereocenters. The smallest absolute Gasteiger partial charge is 0.334 e. The number of unbranched alkanes of at least 4 members (excludes halogenated alkanes) is 13. The first-order valence-electron chi connectivity index (χ1n) is 18.6. The topological polar surface area (TPSA) is 105 Å². The molecule has 2 saturated heterocycles. The third-order valence-electron chi connectivity index (χ3n) is 10.1. The van der Waals surface area contributed by atoms with Crippen molar-refractivity contribution in [2.24, 2.45) is 0 Å². The number of aliphatic hydroxyl groups excluding tert-OH is 3. The molecule has 3 rings (SSSR count). The second kappa shape index (κ2) is 21.7. The van der Waals surface area contributed by atoms with Gasteiger partial charge in [0.05, 0.1) is 42.7 Å². The summed E-state index contributed by atoms with van der Waals surface area (Å²) in [5.74, 6) is -0.142. The van der Waals surface area contributed by atoms with Crippen molar-refractivity contribution in [2.75, 3.05) is 0 Å². The molecule has 3 aliphatic heterocycles. The molecule has 3 N–H and O–H groups in total. The van der Waals surface area contributed by atoms with E-state index in [1.807, 2.05) is 13.0 Å². The summed E-state index contributed by atoms with van der Waals surface area (Å²) in [6, 6.07) is 0. The lowest BCUT2D eigenvalue weighted by Crippen LogP contribution is -2.33. The van der Waals surface area contributed by atoms with Gasteiger partial charge in [-0.1, -0.05) is 96.8 Å². The van der Waals surface area contributed by atoms with E-state index in [1.54, 1.807) is 0 Å². The van der Waals surface area contributed by atoms with Gasteiger partial charge in [0.25, 0.3) is 0 Å². The molecular weight excluding hydrogens is 556 g/mol. The highest BCUT2D eigenvalue weighted by Crippen LogP contribution is 2.34. The molecule has 44 heavy (non-hydrogen) atoms. The minimum absolute atomic E-state index is 0.0000945. The molecule has 0 radical (unpaired) electrons. The predicted octanol–water partition coefficient (Wildman–Crippen LogP) is 7.86. The fourth-order valence-corrected chi connectivity index (χ4v) is 7.25. The van der Waals surface area contributed by atoms with Crippen LogP contribution in [0.25, 0.3) is 0 Å². The van der Waals surface area contributed by atoms with Crippen molar-refractivity contribution >= 4 is 5.97 Å².